The molecule has 1 fully saturated rings. The van der Waals surface area contributed by atoms with Gasteiger partial charge in [-0.2, -0.15) is 0 Å². The number of ether oxygens (including phenoxy) is 1. The Balaban J connectivity index is 1.99. The minimum atomic E-state index is 0.829. The number of methoxy groups -OCH3 is 1. The molecule has 0 spiro atoms. The van der Waals surface area contributed by atoms with Gasteiger partial charge in [0, 0.05) is 73.1 Å². The van der Waals surface area contributed by atoms with Crippen LogP contribution in [0.15, 0.2) is 4.99 Å². The van der Waals surface area contributed by atoms with Crippen LogP contribution in [0.2, 0.25) is 0 Å². The van der Waals surface area contributed by atoms with E-state index in [-0.39, 0.29) is 0 Å². The number of nitrogens with one attached hydrogen (secondary N) is 2. The van der Waals surface area contributed by atoms with Gasteiger partial charge in [-0.3, -0.25) is 4.99 Å². The summed E-state index contributed by atoms with van der Waals surface area (Å²) < 4.78 is 5.09. The lowest BCUT2D eigenvalue weighted by Gasteiger charge is -2.34. The maximum Gasteiger partial charge on any atom is 0.191 e. The van der Waals surface area contributed by atoms with Gasteiger partial charge in [0.15, 0.2) is 5.96 Å². The number of hydrogen-bond donors (Lipinski definition) is 2. The molecule has 0 unspecified atom stereocenters. The second kappa shape index (κ2) is 15.2. The fourth-order valence-electron chi connectivity index (χ4n) is 3.17. The van der Waals surface area contributed by atoms with Crippen LogP contribution in [0.1, 0.15) is 26.2 Å². The molecule has 0 aliphatic carbocycles. The summed E-state index contributed by atoms with van der Waals surface area (Å²) in [6, 6.07) is 0. The van der Waals surface area contributed by atoms with E-state index >= 15 is 0 Å². The predicted octanol–water partition coefficient (Wildman–Crippen LogP) is 0.537. The van der Waals surface area contributed by atoms with Gasteiger partial charge in [0.1, 0.15) is 0 Å². The van der Waals surface area contributed by atoms with Crippen LogP contribution in [0.3, 0.4) is 0 Å². The normalized spacial score (nSPS) is 17.0. The predicted molar refractivity (Wildman–Crippen MR) is 111 cm³/mol. The highest BCUT2D eigenvalue weighted by molar-refractivity contribution is 5.79. The molecular weight excluding hydrogens is 328 g/mol. The molecule has 0 bridgehead atoms. The van der Waals surface area contributed by atoms with E-state index in [1.807, 2.05) is 7.05 Å². The van der Waals surface area contributed by atoms with Gasteiger partial charge in [-0.25, -0.2) is 0 Å². The van der Waals surface area contributed by atoms with Crippen molar-refractivity contribution in [1.29, 1.82) is 0 Å². The van der Waals surface area contributed by atoms with E-state index in [1.54, 1.807) is 7.11 Å². The summed E-state index contributed by atoms with van der Waals surface area (Å²) >= 11 is 0. The zero-order valence-corrected chi connectivity index (χ0v) is 17.6. The Morgan fingerprint density at radius 2 is 1.69 bits per heavy atom. The van der Waals surface area contributed by atoms with Crippen LogP contribution in [-0.2, 0) is 4.74 Å². The molecule has 0 aromatic rings. The quantitative estimate of drug-likeness (QED) is 0.280. The molecule has 0 amide bonds. The number of unbranched alkanes of at least 4 members (excludes halogenated alkanes) is 1. The largest absolute Gasteiger partial charge is 0.385 e. The Morgan fingerprint density at radius 1 is 1.00 bits per heavy atom. The SMILES string of the molecule is CCN1CCN(CCCCNC(=NC)NCCN(C)CCCOC)CC1. The second-order valence-corrected chi connectivity index (χ2v) is 7.06. The molecule has 0 aromatic heterocycles. The van der Waals surface area contributed by atoms with E-state index in [1.165, 1.54) is 52.1 Å². The van der Waals surface area contributed by atoms with Crippen LogP contribution in [0, 0.1) is 0 Å². The fourth-order valence-corrected chi connectivity index (χ4v) is 3.17. The lowest BCUT2D eigenvalue weighted by Crippen LogP contribution is -2.46. The number of hydrogen-bond acceptors (Lipinski definition) is 5. The molecule has 0 aromatic carbocycles. The molecule has 1 aliphatic heterocycles. The number of piperazine rings is 1. The zero-order chi connectivity index (χ0) is 19.0. The fraction of sp³-hybridized carbons (Fsp3) is 0.947. The molecule has 7 heteroatoms. The molecule has 1 saturated heterocycles. The van der Waals surface area contributed by atoms with Gasteiger partial charge in [-0.1, -0.05) is 6.92 Å². The monoisotopic (exact) mass is 370 g/mol. The van der Waals surface area contributed by atoms with Gasteiger partial charge in [0.05, 0.1) is 0 Å². The first-order valence-electron chi connectivity index (χ1n) is 10.3. The average molecular weight is 371 g/mol. The van der Waals surface area contributed by atoms with Crippen molar-refractivity contribution in [3.05, 3.63) is 0 Å². The van der Waals surface area contributed by atoms with Crippen molar-refractivity contribution in [3.8, 4) is 0 Å². The van der Waals surface area contributed by atoms with Crippen LogP contribution in [0.5, 0.6) is 0 Å². The first-order chi connectivity index (χ1) is 12.7. The van der Waals surface area contributed by atoms with Crippen LogP contribution in [-0.4, -0.2) is 114 Å². The van der Waals surface area contributed by atoms with Crippen molar-refractivity contribution in [1.82, 2.24) is 25.3 Å². The van der Waals surface area contributed by atoms with Gasteiger partial charge >= 0.3 is 0 Å². The Hall–Kier alpha value is -0.890. The first kappa shape index (κ1) is 23.1. The summed E-state index contributed by atoms with van der Waals surface area (Å²) in [6.07, 6.45) is 3.51. The minimum absolute atomic E-state index is 0.829. The number of aliphatic imine (C=N–C) groups is 1. The molecule has 2 N–H and O–H groups in total. The summed E-state index contributed by atoms with van der Waals surface area (Å²) in [5.74, 6) is 0.909. The topological polar surface area (TPSA) is 55.4 Å². The van der Waals surface area contributed by atoms with E-state index in [0.29, 0.717) is 0 Å². The lowest BCUT2D eigenvalue weighted by atomic mass is 10.2. The van der Waals surface area contributed by atoms with Gasteiger partial charge in [-0.05, 0) is 39.4 Å². The van der Waals surface area contributed by atoms with Gasteiger partial charge in [0.25, 0.3) is 0 Å². The summed E-state index contributed by atoms with van der Waals surface area (Å²) in [6.45, 7) is 14.4. The van der Waals surface area contributed by atoms with Crippen molar-refractivity contribution in [2.24, 2.45) is 4.99 Å². The molecular formula is C19H42N6O. The maximum atomic E-state index is 5.09. The maximum absolute atomic E-state index is 5.09. The lowest BCUT2D eigenvalue weighted by molar-refractivity contribution is 0.136. The molecule has 7 nitrogen and oxygen atoms in total. The average Bonchev–Trinajstić information content (AvgIpc) is 2.67. The summed E-state index contributed by atoms with van der Waals surface area (Å²) in [4.78, 5) is 11.7. The van der Waals surface area contributed by atoms with E-state index in [9.17, 15) is 0 Å². The van der Waals surface area contributed by atoms with E-state index in [2.05, 4.69) is 44.3 Å². The standard InChI is InChI=1S/C19H42N6O/c1-5-24-14-16-25(17-15-24)12-7-6-9-21-19(20-2)22-10-13-23(3)11-8-18-26-4/h5-18H2,1-4H3,(H2,20,21,22). The molecule has 1 rings (SSSR count). The Kier molecular flexibility index (Phi) is 13.5. The summed E-state index contributed by atoms with van der Waals surface area (Å²) in [5, 5.41) is 6.82. The Bertz CT molecular complexity index is 358. The van der Waals surface area contributed by atoms with Crippen molar-refractivity contribution >= 4 is 5.96 Å². The smallest absolute Gasteiger partial charge is 0.191 e. The third-order valence-corrected chi connectivity index (χ3v) is 5.00. The molecule has 154 valence electrons. The first-order valence-corrected chi connectivity index (χ1v) is 10.3. The molecule has 1 heterocycles. The van der Waals surface area contributed by atoms with Gasteiger partial charge in [-0.15, -0.1) is 0 Å². The second-order valence-electron chi connectivity index (χ2n) is 7.06. The van der Waals surface area contributed by atoms with E-state index < -0.39 is 0 Å². The van der Waals surface area contributed by atoms with Crippen LogP contribution >= 0.6 is 0 Å². The molecule has 26 heavy (non-hydrogen) atoms. The summed E-state index contributed by atoms with van der Waals surface area (Å²) in [5.41, 5.74) is 0. The van der Waals surface area contributed by atoms with E-state index in [4.69, 9.17) is 4.74 Å². The Labute approximate surface area is 161 Å². The molecule has 0 atom stereocenters. The zero-order valence-electron chi connectivity index (χ0n) is 17.6. The number of nitrogens with zero attached hydrogens (tertiary/aromatic N) is 4. The highest BCUT2D eigenvalue weighted by Crippen LogP contribution is 2.02. The van der Waals surface area contributed by atoms with Crippen molar-refractivity contribution in [2.45, 2.75) is 26.2 Å². The number of guanidine groups is 1. The van der Waals surface area contributed by atoms with E-state index in [0.717, 1.165) is 45.2 Å². The van der Waals surface area contributed by atoms with Crippen LogP contribution < -0.4 is 10.6 Å². The minimum Gasteiger partial charge on any atom is -0.385 e. The molecule has 1 aliphatic rings. The van der Waals surface area contributed by atoms with Gasteiger partial charge in [0.2, 0.25) is 0 Å². The van der Waals surface area contributed by atoms with Crippen LogP contribution in [0.25, 0.3) is 0 Å². The third-order valence-electron chi connectivity index (χ3n) is 5.00. The Morgan fingerprint density at radius 3 is 2.35 bits per heavy atom. The van der Waals surface area contributed by atoms with Gasteiger partial charge < -0.3 is 30.1 Å². The molecule has 0 radical (unpaired) electrons. The number of likely N-dealkylation sites (N-methyl/N-ethyl adjacent to an activating group) is 2. The summed E-state index contributed by atoms with van der Waals surface area (Å²) in [7, 11) is 5.74. The van der Waals surface area contributed by atoms with Crippen LogP contribution in [0.4, 0.5) is 0 Å². The van der Waals surface area contributed by atoms with Crippen molar-refractivity contribution in [2.75, 3.05) is 93.3 Å². The van der Waals surface area contributed by atoms with Crippen molar-refractivity contribution < 1.29 is 4.74 Å². The highest BCUT2D eigenvalue weighted by atomic mass is 16.5. The van der Waals surface area contributed by atoms with Crippen molar-refractivity contribution in [3.63, 3.8) is 0 Å². The third kappa shape index (κ3) is 11.0. The highest BCUT2D eigenvalue weighted by Gasteiger charge is 2.14. The number of rotatable bonds is 13. The molecule has 0 saturated carbocycles.